The number of benzene rings is 3. The fourth-order valence-electron chi connectivity index (χ4n) is 4.28. The van der Waals surface area contributed by atoms with Crippen molar-refractivity contribution in [2.24, 2.45) is 0 Å². The molecule has 0 radical (unpaired) electrons. The summed E-state index contributed by atoms with van der Waals surface area (Å²) in [7, 11) is -3.73. The van der Waals surface area contributed by atoms with Crippen molar-refractivity contribution in [2.45, 2.75) is 23.7 Å². The molecule has 6 nitrogen and oxygen atoms in total. The first-order valence-corrected chi connectivity index (χ1v) is 12.0. The summed E-state index contributed by atoms with van der Waals surface area (Å²) in [6.45, 7) is 0.224. The number of carbonyl (C=O) groups excluding carboxylic acids is 1. The van der Waals surface area contributed by atoms with Crippen molar-refractivity contribution in [3.8, 4) is 0 Å². The number of hydrogen-bond acceptors (Lipinski definition) is 3. The maximum absolute atomic E-state index is 13.1. The van der Waals surface area contributed by atoms with Crippen molar-refractivity contribution < 1.29 is 13.2 Å². The second kappa shape index (κ2) is 8.26. The molecule has 32 heavy (non-hydrogen) atoms. The molecule has 0 bridgehead atoms. The van der Waals surface area contributed by atoms with Gasteiger partial charge in [-0.05, 0) is 47.4 Å². The van der Waals surface area contributed by atoms with Crippen LogP contribution in [0.5, 0.6) is 0 Å². The molecule has 0 unspecified atom stereocenters. The normalized spacial score (nSPS) is 14.7. The van der Waals surface area contributed by atoms with Gasteiger partial charge >= 0.3 is 0 Å². The van der Waals surface area contributed by atoms with Crippen LogP contribution in [0.4, 0.5) is 5.69 Å². The standard InChI is InChI=1S/C25H23N3O3S/c29-25-13-10-18-14-19(11-12-23(18)28-25)32(30,31)27-16-21(17-6-2-1-3-7-17)22-15-26-24-9-5-4-8-20(22)24/h1-9,11-12,14-15,21,26-27H,10,13,16H2,(H,28,29)/t21-/m0/s1. The molecule has 1 aliphatic rings. The minimum atomic E-state index is -3.73. The Balaban J connectivity index is 1.45. The van der Waals surface area contributed by atoms with Crippen LogP contribution in [-0.2, 0) is 21.2 Å². The summed E-state index contributed by atoms with van der Waals surface area (Å²) in [6.07, 6.45) is 2.85. The number of hydrogen-bond donors (Lipinski definition) is 3. The van der Waals surface area contributed by atoms with Gasteiger partial charge in [0.25, 0.3) is 0 Å². The number of aryl methyl sites for hydroxylation is 1. The molecule has 3 N–H and O–H groups in total. The Morgan fingerprint density at radius 1 is 0.938 bits per heavy atom. The van der Waals surface area contributed by atoms with E-state index < -0.39 is 10.0 Å². The predicted molar refractivity (Wildman–Crippen MR) is 125 cm³/mol. The van der Waals surface area contributed by atoms with Crippen molar-refractivity contribution in [1.82, 2.24) is 9.71 Å². The molecule has 0 aliphatic carbocycles. The summed E-state index contributed by atoms with van der Waals surface area (Å²) >= 11 is 0. The van der Waals surface area contributed by atoms with Crippen LogP contribution in [0, 0.1) is 0 Å². The zero-order valence-electron chi connectivity index (χ0n) is 17.3. The predicted octanol–water partition coefficient (Wildman–Crippen LogP) is 4.16. The molecule has 7 heteroatoms. The highest BCUT2D eigenvalue weighted by Gasteiger charge is 2.23. The van der Waals surface area contributed by atoms with Gasteiger partial charge in [-0.25, -0.2) is 13.1 Å². The number of anilines is 1. The second-order valence-electron chi connectivity index (χ2n) is 7.97. The van der Waals surface area contributed by atoms with E-state index in [2.05, 4.69) is 15.0 Å². The van der Waals surface area contributed by atoms with Crippen LogP contribution in [0.3, 0.4) is 0 Å². The molecular weight excluding hydrogens is 422 g/mol. The fourth-order valence-corrected chi connectivity index (χ4v) is 5.38. The lowest BCUT2D eigenvalue weighted by molar-refractivity contribution is -0.116. The van der Waals surface area contributed by atoms with E-state index in [9.17, 15) is 13.2 Å². The number of nitrogens with one attached hydrogen (secondary N) is 3. The summed E-state index contributed by atoms with van der Waals surface area (Å²) in [5, 5.41) is 3.86. The monoisotopic (exact) mass is 445 g/mol. The van der Waals surface area contributed by atoms with Crippen LogP contribution in [0.25, 0.3) is 10.9 Å². The first-order valence-electron chi connectivity index (χ1n) is 10.5. The Morgan fingerprint density at radius 3 is 2.56 bits per heavy atom. The Morgan fingerprint density at radius 2 is 1.72 bits per heavy atom. The Hall–Kier alpha value is -3.42. The molecule has 0 spiro atoms. The van der Waals surface area contributed by atoms with Crippen LogP contribution in [-0.4, -0.2) is 25.9 Å². The highest BCUT2D eigenvalue weighted by atomic mass is 32.2. The third-order valence-electron chi connectivity index (χ3n) is 5.96. The van der Waals surface area contributed by atoms with Gasteiger partial charge in [0.05, 0.1) is 4.90 Å². The number of sulfonamides is 1. The molecule has 1 aromatic heterocycles. The Labute approximate surface area is 186 Å². The van der Waals surface area contributed by atoms with Crippen LogP contribution >= 0.6 is 0 Å². The lowest BCUT2D eigenvalue weighted by atomic mass is 9.91. The largest absolute Gasteiger partial charge is 0.361 e. The lowest BCUT2D eigenvalue weighted by Crippen LogP contribution is -2.29. The van der Waals surface area contributed by atoms with Gasteiger partial charge in [0.2, 0.25) is 15.9 Å². The van der Waals surface area contributed by atoms with E-state index in [1.54, 1.807) is 12.1 Å². The van der Waals surface area contributed by atoms with E-state index in [0.717, 1.165) is 27.6 Å². The maximum atomic E-state index is 13.1. The van der Waals surface area contributed by atoms with Gasteiger partial charge in [0.1, 0.15) is 0 Å². The number of rotatable bonds is 6. The number of aromatic nitrogens is 1. The smallest absolute Gasteiger partial charge is 0.240 e. The average molecular weight is 446 g/mol. The van der Waals surface area contributed by atoms with E-state index in [0.29, 0.717) is 18.5 Å². The van der Waals surface area contributed by atoms with Gasteiger partial charge in [-0.15, -0.1) is 0 Å². The van der Waals surface area contributed by atoms with E-state index in [4.69, 9.17) is 0 Å². The minimum Gasteiger partial charge on any atom is -0.361 e. The van der Waals surface area contributed by atoms with Crippen LogP contribution < -0.4 is 10.0 Å². The zero-order valence-corrected chi connectivity index (χ0v) is 18.2. The van der Waals surface area contributed by atoms with Gasteiger partial charge in [0, 0.05) is 41.7 Å². The molecular formula is C25H23N3O3S. The number of aromatic amines is 1. The number of para-hydroxylation sites is 1. The average Bonchev–Trinajstić information content (AvgIpc) is 3.23. The van der Waals surface area contributed by atoms with Gasteiger partial charge in [-0.2, -0.15) is 0 Å². The highest BCUT2D eigenvalue weighted by molar-refractivity contribution is 7.89. The van der Waals surface area contributed by atoms with Crippen molar-refractivity contribution in [2.75, 3.05) is 11.9 Å². The topological polar surface area (TPSA) is 91.1 Å². The van der Waals surface area contributed by atoms with Crippen LogP contribution in [0.1, 0.15) is 29.0 Å². The van der Waals surface area contributed by atoms with Gasteiger partial charge in [0.15, 0.2) is 0 Å². The molecule has 2 heterocycles. The van der Waals surface area contributed by atoms with E-state index in [-0.39, 0.29) is 23.3 Å². The third-order valence-corrected chi connectivity index (χ3v) is 7.38. The molecule has 0 fully saturated rings. The lowest BCUT2D eigenvalue weighted by Gasteiger charge is -2.20. The molecule has 4 aromatic rings. The SMILES string of the molecule is O=C1CCc2cc(S(=O)(=O)NC[C@@H](c3ccccc3)c3c[nH]c4ccccc34)ccc2N1. The molecule has 1 amide bonds. The highest BCUT2D eigenvalue weighted by Crippen LogP contribution is 2.31. The van der Waals surface area contributed by atoms with Crippen molar-refractivity contribution in [1.29, 1.82) is 0 Å². The summed E-state index contributed by atoms with van der Waals surface area (Å²) in [5.74, 6) is -0.199. The van der Waals surface area contributed by atoms with Crippen molar-refractivity contribution >= 4 is 32.5 Å². The van der Waals surface area contributed by atoms with Crippen LogP contribution in [0.15, 0.2) is 83.9 Å². The third kappa shape index (κ3) is 3.92. The van der Waals surface area contributed by atoms with E-state index in [1.165, 1.54) is 6.07 Å². The first-order chi connectivity index (χ1) is 15.5. The summed E-state index contributed by atoms with van der Waals surface area (Å²) < 4.78 is 29.1. The number of carbonyl (C=O) groups is 1. The number of amides is 1. The summed E-state index contributed by atoms with van der Waals surface area (Å²) in [4.78, 5) is 15.1. The van der Waals surface area contributed by atoms with Crippen LogP contribution in [0.2, 0.25) is 0 Å². The molecule has 162 valence electrons. The molecule has 3 aromatic carbocycles. The Bertz CT molecular complexity index is 1390. The van der Waals surface area contributed by atoms with E-state index in [1.807, 2.05) is 60.8 Å². The molecule has 0 saturated carbocycles. The number of fused-ring (bicyclic) bond motifs is 2. The molecule has 5 rings (SSSR count). The quantitative estimate of drug-likeness (QED) is 0.416. The van der Waals surface area contributed by atoms with E-state index >= 15 is 0 Å². The molecule has 0 saturated heterocycles. The fraction of sp³-hybridized carbons (Fsp3) is 0.160. The minimum absolute atomic E-state index is 0.0457. The van der Waals surface area contributed by atoms with Gasteiger partial charge in [-0.3, -0.25) is 4.79 Å². The summed E-state index contributed by atoms with van der Waals surface area (Å²) in [5.41, 5.74) is 4.61. The van der Waals surface area contributed by atoms with Crippen molar-refractivity contribution in [3.63, 3.8) is 0 Å². The summed E-state index contributed by atoms with van der Waals surface area (Å²) in [6, 6.07) is 22.8. The molecule has 1 aliphatic heterocycles. The van der Waals surface area contributed by atoms with Gasteiger partial charge < -0.3 is 10.3 Å². The van der Waals surface area contributed by atoms with Gasteiger partial charge in [-0.1, -0.05) is 48.5 Å². The zero-order chi connectivity index (χ0) is 22.1. The Kier molecular flexibility index (Phi) is 5.28. The maximum Gasteiger partial charge on any atom is 0.240 e. The van der Waals surface area contributed by atoms with Crippen molar-refractivity contribution in [3.05, 3.63) is 95.7 Å². The second-order valence-corrected chi connectivity index (χ2v) is 9.74. The molecule has 1 atom stereocenters. The number of H-pyrrole nitrogens is 1. The first kappa shape index (κ1) is 20.5.